The summed E-state index contributed by atoms with van der Waals surface area (Å²) in [4.78, 5) is 0. The molecule has 14 heavy (non-hydrogen) atoms. The van der Waals surface area contributed by atoms with Gasteiger partial charge in [0.1, 0.15) is 11.9 Å². The molecule has 78 valence electrons. The fraction of sp³-hybridized carbons (Fsp3) is 0.333. The first-order chi connectivity index (χ1) is 6.56. The van der Waals surface area contributed by atoms with Gasteiger partial charge in [-0.2, -0.15) is 0 Å². The van der Waals surface area contributed by atoms with Crippen molar-refractivity contribution in [2.24, 2.45) is 5.73 Å². The summed E-state index contributed by atoms with van der Waals surface area (Å²) in [5, 5.41) is 18.7. The molecule has 1 aromatic carbocycles. The minimum atomic E-state index is -1.34. The first-order valence-corrected chi connectivity index (χ1v) is 4.17. The largest absolute Gasteiger partial charge is 0.399 e. The van der Waals surface area contributed by atoms with Gasteiger partial charge in [-0.3, -0.25) is 0 Å². The molecule has 0 aliphatic heterocycles. The molecule has 0 spiro atoms. The zero-order valence-corrected chi connectivity index (χ0v) is 7.52. The van der Waals surface area contributed by atoms with Crippen molar-refractivity contribution < 1.29 is 14.6 Å². The van der Waals surface area contributed by atoms with Gasteiger partial charge in [-0.15, -0.1) is 0 Å². The highest BCUT2D eigenvalue weighted by molar-refractivity contribution is 5.42. The third-order valence-electron chi connectivity index (χ3n) is 1.94. The van der Waals surface area contributed by atoms with E-state index in [9.17, 15) is 14.6 Å². The van der Waals surface area contributed by atoms with E-state index < -0.39 is 18.0 Å². The quantitative estimate of drug-likeness (QED) is 0.507. The van der Waals surface area contributed by atoms with Crippen LogP contribution < -0.4 is 11.5 Å². The number of anilines is 1. The fourth-order valence-corrected chi connectivity index (χ4v) is 1.13. The van der Waals surface area contributed by atoms with Crippen molar-refractivity contribution in [2.75, 3.05) is 12.3 Å². The van der Waals surface area contributed by atoms with E-state index >= 15 is 0 Å². The second-order valence-corrected chi connectivity index (χ2v) is 3.03. The highest BCUT2D eigenvalue weighted by Crippen LogP contribution is 2.22. The van der Waals surface area contributed by atoms with Crippen molar-refractivity contribution in [3.05, 3.63) is 29.6 Å². The Bertz CT molecular complexity index is 320. The summed E-state index contributed by atoms with van der Waals surface area (Å²) in [6, 6.07) is 3.79. The van der Waals surface area contributed by atoms with E-state index in [1.54, 1.807) is 0 Å². The number of halogens is 1. The first-order valence-electron chi connectivity index (χ1n) is 4.17. The van der Waals surface area contributed by atoms with Crippen molar-refractivity contribution in [1.82, 2.24) is 0 Å². The molecule has 2 atom stereocenters. The molecule has 0 amide bonds. The van der Waals surface area contributed by atoms with Crippen LogP contribution >= 0.6 is 0 Å². The molecule has 5 heteroatoms. The molecule has 0 radical (unpaired) electrons. The number of benzene rings is 1. The van der Waals surface area contributed by atoms with E-state index in [4.69, 9.17) is 11.5 Å². The summed E-state index contributed by atoms with van der Waals surface area (Å²) >= 11 is 0. The van der Waals surface area contributed by atoms with Gasteiger partial charge < -0.3 is 21.7 Å². The highest BCUT2D eigenvalue weighted by atomic mass is 19.1. The molecule has 2 unspecified atom stereocenters. The molecule has 0 fully saturated rings. The molecule has 0 aromatic heterocycles. The molecule has 0 saturated heterocycles. The molecular weight excluding hydrogens is 187 g/mol. The maximum atomic E-state index is 13.1. The van der Waals surface area contributed by atoms with Gasteiger partial charge >= 0.3 is 0 Å². The van der Waals surface area contributed by atoms with Crippen molar-refractivity contribution in [3.63, 3.8) is 0 Å². The summed E-state index contributed by atoms with van der Waals surface area (Å²) in [6.07, 6.45) is -2.53. The van der Waals surface area contributed by atoms with Crippen LogP contribution in [0, 0.1) is 5.82 Å². The number of aliphatic hydroxyl groups excluding tert-OH is 2. The van der Waals surface area contributed by atoms with Gasteiger partial charge in [-0.05, 0) is 18.2 Å². The van der Waals surface area contributed by atoms with Crippen LogP contribution in [0.4, 0.5) is 10.1 Å². The van der Waals surface area contributed by atoms with Crippen LogP contribution in [0.15, 0.2) is 18.2 Å². The Hall–Kier alpha value is -1.17. The molecule has 0 aliphatic carbocycles. The lowest BCUT2D eigenvalue weighted by Gasteiger charge is -2.17. The van der Waals surface area contributed by atoms with Crippen LogP contribution in [-0.2, 0) is 0 Å². The predicted octanol–water partition coefficient (Wildman–Crippen LogP) is -0.239. The second-order valence-electron chi connectivity index (χ2n) is 3.03. The van der Waals surface area contributed by atoms with Gasteiger partial charge in [0.25, 0.3) is 0 Å². The van der Waals surface area contributed by atoms with Crippen LogP contribution in [0.2, 0.25) is 0 Å². The summed E-state index contributed by atoms with van der Waals surface area (Å²) in [6.45, 7) is -0.143. The van der Waals surface area contributed by atoms with Crippen molar-refractivity contribution in [2.45, 2.75) is 12.2 Å². The standard InChI is InChI=1S/C9H13FN2O2/c10-7-2-1-5(12)3-6(7)9(14)8(13)4-11/h1-3,8-9,13-14H,4,11-12H2. The zero-order chi connectivity index (χ0) is 10.7. The molecule has 0 aliphatic rings. The van der Waals surface area contributed by atoms with Crippen LogP contribution in [0.5, 0.6) is 0 Å². The van der Waals surface area contributed by atoms with Crippen LogP contribution in [0.3, 0.4) is 0 Å². The van der Waals surface area contributed by atoms with Crippen LogP contribution in [0.1, 0.15) is 11.7 Å². The molecule has 1 rings (SSSR count). The van der Waals surface area contributed by atoms with Crippen molar-refractivity contribution >= 4 is 5.69 Å². The summed E-state index contributed by atoms with van der Waals surface area (Å²) < 4.78 is 13.1. The Morgan fingerprint density at radius 1 is 1.36 bits per heavy atom. The van der Waals surface area contributed by atoms with Gasteiger partial charge in [-0.1, -0.05) is 0 Å². The molecule has 0 heterocycles. The first kappa shape index (κ1) is 10.9. The molecule has 6 N–H and O–H groups in total. The summed E-state index contributed by atoms with van der Waals surface area (Å²) in [5.74, 6) is -0.612. The van der Waals surface area contributed by atoms with Crippen LogP contribution in [0.25, 0.3) is 0 Å². The van der Waals surface area contributed by atoms with E-state index in [-0.39, 0.29) is 12.1 Å². The number of nitrogens with two attached hydrogens (primary N) is 2. The van der Waals surface area contributed by atoms with Gasteiger partial charge in [0.2, 0.25) is 0 Å². The number of rotatable bonds is 3. The average Bonchev–Trinajstić information content (AvgIpc) is 2.19. The van der Waals surface area contributed by atoms with Crippen molar-refractivity contribution in [3.8, 4) is 0 Å². The third kappa shape index (κ3) is 2.20. The molecular formula is C9H13FN2O2. The Morgan fingerprint density at radius 3 is 2.57 bits per heavy atom. The number of aliphatic hydroxyl groups is 2. The summed E-state index contributed by atoms with van der Waals surface area (Å²) in [7, 11) is 0. The molecule has 4 nitrogen and oxygen atoms in total. The monoisotopic (exact) mass is 200 g/mol. The number of nitrogen functional groups attached to an aromatic ring is 1. The SMILES string of the molecule is NCC(O)C(O)c1cc(N)ccc1F. The normalized spacial score (nSPS) is 15.1. The summed E-state index contributed by atoms with van der Waals surface area (Å²) in [5.41, 5.74) is 10.8. The lowest BCUT2D eigenvalue weighted by atomic mass is 10.0. The molecule has 0 bridgehead atoms. The topological polar surface area (TPSA) is 92.5 Å². The Balaban J connectivity index is 2.99. The zero-order valence-electron chi connectivity index (χ0n) is 7.52. The average molecular weight is 200 g/mol. The van der Waals surface area contributed by atoms with Crippen molar-refractivity contribution in [1.29, 1.82) is 0 Å². The Kier molecular flexibility index (Phi) is 3.40. The van der Waals surface area contributed by atoms with E-state index in [0.29, 0.717) is 5.69 Å². The van der Waals surface area contributed by atoms with Gasteiger partial charge in [0.05, 0.1) is 6.10 Å². The van der Waals surface area contributed by atoms with E-state index in [1.165, 1.54) is 12.1 Å². The highest BCUT2D eigenvalue weighted by Gasteiger charge is 2.20. The Morgan fingerprint density at radius 2 is 2.00 bits per heavy atom. The Labute approximate surface area is 81.0 Å². The maximum absolute atomic E-state index is 13.1. The minimum Gasteiger partial charge on any atom is -0.399 e. The van der Waals surface area contributed by atoms with Gasteiger partial charge in [0, 0.05) is 17.8 Å². The smallest absolute Gasteiger partial charge is 0.129 e. The maximum Gasteiger partial charge on any atom is 0.129 e. The third-order valence-corrected chi connectivity index (χ3v) is 1.94. The second kappa shape index (κ2) is 4.36. The van der Waals surface area contributed by atoms with E-state index in [1.807, 2.05) is 0 Å². The fourth-order valence-electron chi connectivity index (χ4n) is 1.13. The predicted molar refractivity (Wildman–Crippen MR) is 50.8 cm³/mol. The molecule has 1 aromatic rings. The van der Waals surface area contributed by atoms with E-state index in [2.05, 4.69) is 0 Å². The minimum absolute atomic E-state index is 0.0389. The number of hydrogen-bond donors (Lipinski definition) is 4. The van der Waals surface area contributed by atoms with Crippen LogP contribution in [-0.4, -0.2) is 22.9 Å². The number of hydrogen-bond acceptors (Lipinski definition) is 4. The van der Waals surface area contributed by atoms with Gasteiger partial charge in [-0.25, -0.2) is 4.39 Å². The van der Waals surface area contributed by atoms with Gasteiger partial charge in [0.15, 0.2) is 0 Å². The molecule has 0 saturated carbocycles. The lowest BCUT2D eigenvalue weighted by molar-refractivity contribution is 0.0222. The lowest BCUT2D eigenvalue weighted by Crippen LogP contribution is -2.27. The van der Waals surface area contributed by atoms with E-state index in [0.717, 1.165) is 6.07 Å².